The molecule has 0 aliphatic carbocycles. The van der Waals surface area contributed by atoms with Crippen molar-refractivity contribution in [3.05, 3.63) is 46.8 Å². The summed E-state index contributed by atoms with van der Waals surface area (Å²) >= 11 is 0. The van der Waals surface area contributed by atoms with Crippen LogP contribution in [0.15, 0.2) is 30.9 Å². The van der Waals surface area contributed by atoms with Gasteiger partial charge in [-0.1, -0.05) is 6.08 Å². The molecule has 0 unspecified atom stereocenters. The summed E-state index contributed by atoms with van der Waals surface area (Å²) in [6.07, 6.45) is 1.58. The van der Waals surface area contributed by atoms with E-state index in [-0.39, 0.29) is 17.9 Å². The minimum absolute atomic E-state index is 0.00243. The molecule has 1 amide bonds. The van der Waals surface area contributed by atoms with Crippen LogP contribution in [-0.2, 0) is 4.79 Å². The van der Waals surface area contributed by atoms with Crippen LogP contribution in [0.4, 0.5) is 15.8 Å². The first-order valence-electron chi connectivity index (χ1n) is 5.10. The third-order valence-electron chi connectivity index (χ3n) is 2.01. The molecule has 0 atom stereocenters. The van der Waals surface area contributed by atoms with E-state index in [1.54, 1.807) is 6.08 Å². The van der Waals surface area contributed by atoms with Crippen LogP contribution in [0.25, 0.3) is 0 Å². The Labute approximate surface area is 103 Å². The molecule has 0 aromatic heterocycles. The summed E-state index contributed by atoms with van der Waals surface area (Å²) in [4.78, 5) is 21.0. The lowest BCUT2D eigenvalue weighted by Gasteiger charge is -2.06. The Bertz CT molecular complexity index is 477. The molecule has 7 heteroatoms. The number of non-ortho nitro benzene ring substituents is 1. The molecule has 0 aliphatic rings. The Hall–Kier alpha value is -2.28. The number of nitrogens with one attached hydrogen (secondary N) is 2. The Morgan fingerprint density at radius 2 is 2.28 bits per heavy atom. The van der Waals surface area contributed by atoms with E-state index in [9.17, 15) is 19.3 Å². The van der Waals surface area contributed by atoms with Crippen molar-refractivity contribution in [3.8, 4) is 0 Å². The molecule has 2 N–H and O–H groups in total. The lowest BCUT2D eigenvalue weighted by Crippen LogP contribution is -2.28. The fourth-order valence-electron chi connectivity index (χ4n) is 1.20. The summed E-state index contributed by atoms with van der Waals surface area (Å²) in [7, 11) is 0. The largest absolute Gasteiger partial charge is 0.322 e. The highest BCUT2D eigenvalue weighted by Crippen LogP contribution is 2.20. The summed E-state index contributed by atoms with van der Waals surface area (Å²) in [6.45, 7) is 3.92. The molecule has 1 aromatic carbocycles. The van der Waals surface area contributed by atoms with E-state index in [1.165, 1.54) is 0 Å². The minimum Gasteiger partial charge on any atom is -0.322 e. The lowest BCUT2D eigenvalue weighted by atomic mass is 10.2. The molecule has 6 nitrogen and oxygen atoms in total. The van der Waals surface area contributed by atoms with E-state index in [0.717, 1.165) is 18.2 Å². The van der Waals surface area contributed by atoms with Gasteiger partial charge in [-0.15, -0.1) is 6.58 Å². The molecular weight excluding hydrogens is 241 g/mol. The van der Waals surface area contributed by atoms with Crippen LogP contribution in [0.1, 0.15) is 0 Å². The highest BCUT2D eigenvalue weighted by atomic mass is 19.1. The maximum Gasteiger partial charge on any atom is 0.272 e. The van der Waals surface area contributed by atoms with E-state index in [0.29, 0.717) is 6.54 Å². The van der Waals surface area contributed by atoms with E-state index in [4.69, 9.17) is 0 Å². The molecule has 1 rings (SSSR count). The fraction of sp³-hybridized carbons (Fsp3) is 0.182. The first-order chi connectivity index (χ1) is 8.54. The van der Waals surface area contributed by atoms with Crippen molar-refractivity contribution in [3.63, 3.8) is 0 Å². The summed E-state index contributed by atoms with van der Waals surface area (Å²) in [5.74, 6) is -1.29. The Morgan fingerprint density at radius 1 is 1.56 bits per heavy atom. The molecule has 0 spiro atoms. The predicted molar refractivity (Wildman–Crippen MR) is 64.8 cm³/mol. The standard InChI is InChI=1S/C11H12FN3O3/c1-2-5-13-7-11(16)14-10-4-3-8(15(17)18)6-9(10)12/h2-4,6,13H,1,5,7H2,(H,14,16). The zero-order valence-corrected chi connectivity index (χ0v) is 9.48. The number of nitro groups is 1. The number of halogens is 1. The van der Waals surface area contributed by atoms with Crippen molar-refractivity contribution in [1.82, 2.24) is 5.32 Å². The monoisotopic (exact) mass is 253 g/mol. The van der Waals surface area contributed by atoms with Crippen molar-refractivity contribution < 1.29 is 14.1 Å². The van der Waals surface area contributed by atoms with Gasteiger partial charge >= 0.3 is 0 Å². The maximum absolute atomic E-state index is 13.4. The number of nitrogens with zero attached hydrogens (tertiary/aromatic N) is 1. The van der Waals surface area contributed by atoms with Gasteiger partial charge in [0.15, 0.2) is 5.82 Å². The number of hydrogen-bond acceptors (Lipinski definition) is 4. The van der Waals surface area contributed by atoms with Crippen LogP contribution < -0.4 is 10.6 Å². The molecule has 0 radical (unpaired) electrons. The fourth-order valence-corrected chi connectivity index (χ4v) is 1.20. The SMILES string of the molecule is C=CCNCC(=O)Nc1ccc([N+](=O)[O-])cc1F. The van der Waals surface area contributed by atoms with Crippen LogP contribution in [0.5, 0.6) is 0 Å². The lowest BCUT2D eigenvalue weighted by molar-refractivity contribution is -0.385. The summed E-state index contributed by atoms with van der Waals surface area (Å²) in [5.41, 5.74) is -0.457. The van der Waals surface area contributed by atoms with Gasteiger partial charge in [0.1, 0.15) is 0 Å². The first-order valence-corrected chi connectivity index (χ1v) is 5.10. The molecule has 0 aliphatic heterocycles. The van der Waals surface area contributed by atoms with E-state index >= 15 is 0 Å². The number of nitro benzene ring substituents is 1. The van der Waals surface area contributed by atoms with Gasteiger partial charge in [0.2, 0.25) is 5.91 Å². The molecule has 18 heavy (non-hydrogen) atoms. The average Bonchev–Trinajstić information content (AvgIpc) is 2.32. The van der Waals surface area contributed by atoms with E-state index < -0.39 is 16.6 Å². The summed E-state index contributed by atoms with van der Waals surface area (Å²) < 4.78 is 13.4. The number of anilines is 1. The van der Waals surface area contributed by atoms with Crippen LogP contribution in [0, 0.1) is 15.9 Å². The molecule has 0 saturated heterocycles. The van der Waals surface area contributed by atoms with Gasteiger partial charge < -0.3 is 10.6 Å². The number of benzene rings is 1. The van der Waals surface area contributed by atoms with Crippen LogP contribution >= 0.6 is 0 Å². The van der Waals surface area contributed by atoms with Crippen LogP contribution in [-0.4, -0.2) is 23.9 Å². The Morgan fingerprint density at radius 3 is 2.83 bits per heavy atom. The van der Waals surface area contributed by atoms with E-state index in [1.807, 2.05) is 0 Å². The smallest absolute Gasteiger partial charge is 0.272 e. The van der Waals surface area contributed by atoms with Gasteiger partial charge in [0.05, 0.1) is 23.2 Å². The normalized spacial score (nSPS) is 9.83. The summed E-state index contributed by atoms with van der Waals surface area (Å²) in [6, 6.07) is 3.03. The third-order valence-corrected chi connectivity index (χ3v) is 2.01. The van der Waals surface area contributed by atoms with Gasteiger partial charge in [-0.05, 0) is 6.07 Å². The molecule has 0 fully saturated rings. The van der Waals surface area contributed by atoms with Gasteiger partial charge in [0.25, 0.3) is 5.69 Å². The maximum atomic E-state index is 13.4. The van der Waals surface area contributed by atoms with E-state index in [2.05, 4.69) is 17.2 Å². The quantitative estimate of drug-likeness (QED) is 0.348. The zero-order valence-electron chi connectivity index (χ0n) is 9.48. The van der Waals surface area contributed by atoms with Crippen molar-refractivity contribution in [2.45, 2.75) is 0 Å². The minimum atomic E-state index is -0.846. The summed E-state index contributed by atoms with van der Waals surface area (Å²) in [5, 5.41) is 15.4. The molecule has 96 valence electrons. The van der Waals surface area contributed by atoms with Gasteiger partial charge in [-0.25, -0.2) is 4.39 Å². The zero-order chi connectivity index (χ0) is 13.5. The van der Waals surface area contributed by atoms with Crippen molar-refractivity contribution in [2.75, 3.05) is 18.4 Å². The van der Waals surface area contributed by atoms with Crippen molar-refractivity contribution in [2.24, 2.45) is 0 Å². The second-order valence-corrected chi connectivity index (χ2v) is 3.39. The molecule has 0 heterocycles. The van der Waals surface area contributed by atoms with Crippen molar-refractivity contribution in [1.29, 1.82) is 0 Å². The second-order valence-electron chi connectivity index (χ2n) is 3.39. The molecule has 1 aromatic rings. The second kappa shape index (κ2) is 6.45. The Kier molecular flexibility index (Phi) is 4.94. The number of amides is 1. The van der Waals surface area contributed by atoms with Crippen LogP contribution in [0.2, 0.25) is 0 Å². The predicted octanol–water partition coefficient (Wildman–Crippen LogP) is 1.45. The number of rotatable bonds is 6. The number of hydrogen-bond donors (Lipinski definition) is 2. The topological polar surface area (TPSA) is 84.3 Å². The highest BCUT2D eigenvalue weighted by Gasteiger charge is 2.12. The number of carbonyl (C=O) groups excluding carboxylic acids is 1. The van der Waals surface area contributed by atoms with Crippen molar-refractivity contribution >= 4 is 17.3 Å². The van der Waals surface area contributed by atoms with Gasteiger partial charge in [-0.3, -0.25) is 14.9 Å². The molecule has 0 bridgehead atoms. The van der Waals surface area contributed by atoms with Gasteiger partial charge in [0, 0.05) is 12.6 Å². The highest BCUT2D eigenvalue weighted by molar-refractivity contribution is 5.92. The van der Waals surface area contributed by atoms with Gasteiger partial charge in [-0.2, -0.15) is 0 Å². The molecule has 0 saturated carbocycles. The third kappa shape index (κ3) is 3.95. The Balaban J connectivity index is 2.65. The number of carbonyl (C=O) groups is 1. The first kappa shape index (κ1) is 13.8. The average molecular weight is 253 g/mol. The van der Waals surface area contributed by atoms with Crippen LogP contribution in [0.3, 0.4) is 0 Å². The molecular formula is C11H12FN3O3.